The van der Waals surface area contributed by atoms with Crippen molar-refractivity contribution in [2.45, 2.75) is 31.8 Å². The third-order valence-electron chi connectivity index (χ3n) is 2.64. The molecule has 0 aromatic carbocycles. The molecule has 1 aliphatic heterocycles. The van der Waals surface area contributed by atoms with Gasteiger partial charge in [0.25, 0.3) is 0 Å². The van der Waals surface area contributed by atoms with Gasteiger partial charge in [0, 0.05) is 6.61 Å². The maximum atomic E-state index is 5.81. The summed E-state index contributed by atoms with van der Waals surface area (Å²) in [7, 11) is 4.24. The Kier molecular flexibility index (Phi) is 6.15. The summed E-state index contributed by atoms with van der Waals surface area (Å²) in [5.41, 5.74) is 0. The maximum absolute atomic E-state index is 5.81. The van der Waals surface area contributed by atoms with E-state index in [1.54, 1.807) is 0 Å². The van der Waals surface area contributed by atoms with Crippen molar-refractivity contribution in [1.82, 2.24) is 10.2 Å². The molecule has 1 fully saturated rings. The molecule has 1 N–H and O–H groups in total. The minimum Gasteiger partial charge on any atom is -0.378 e. The van der Waals surface area contributed by atoms with Crippen molar-refractivity contribution in [2.24, 2.45) is 0 Å². The molecule has 0 amide bonds. The minimum absolute atomic E-state index is 0.524. The molecular formula is C11H24N2O. The lowest BCUT2D eigenvalue weighted by Gasteiger charge is -2.23. The van der Waals surface area contributed by atoms with Crippen molar-refractivity contribution >= 4 is 0 Å². The van der Waals surface area contributed by atoms with E-state index in [4.69, 9.17) is 4.74 Å². The fourth-order valence-corrected chi connectivity index (χ4v) is 1.74. The van der Waals surface area contributed by atoms with E-state index in [2.05, 4.69) is 24.3 Å². The number of rotatable bonds is 6. The molecule has 0 unspecified atom stereocenters. The van der Waals surface area contributed by atoms with Crippen LogP contribution in [0.15, 0.2) is 0 Å². The topological polar surface area (TPSA) is 24.5 Å². The molecule has 0 aromatic heterocycles. The zero-order valence-corrected chi connectivity index (χ0v) is 9.59. The third-order valence-corrected chi connectivity index (χ3v) is 2.64. The van der Waals surface area contributed by atoms with Crippen LogP contribution in [-0.4, -0.2) is 51.3 Å². The van der Waals surface area contributed by atoms with Crippen molar-refractivity contribution in [1.29, 1.82) is 0 Å². The lowest BCUT2D eigenvalue weighted by Crippen LogP contribution is -2.32. The van der Waals surface area contributed by atoms with E-state index in [-0.39, 0.29) is 0 Å². The molecule has 0 bridgehead atoms. The largest absolute Gasteiger partial charge is 0.378 e. The quantitative estimate of drug-likeness (QED) is 0.650. The Morgan fingerprint density at radius 1 is 1.21 bits per heavy atom. The van der Waals surface area contributed by atoms with E-state index in [1.165, 1.54) is 32.2 Å². The molecule has 1 rings (SSSR count). The maximum Gasteiger partial charge on any atom is 0.0599 e. The first-order valence-electron chi connectivity index (χ1n) is 5.76. The lowest BCUT2D eigenvalue weighted by atomic mass is 10.1. The molecule has 84 valence electrons. The Morgan fingerprint density at radius 3 is 2.57 bits per heavy atom. The Balaban J connectivity index is 1.87. The highest BCUT2D eigenvalue weighted by atomic mass is 16.5. The monoisotopic (exact) mass is 200 g/mol. The zero-order chi connectivity index (χ0) is 10.2. The molecular weight excluding hydrogens is 176 g/mol. The Bertz CT molecular complexity index is 133. The Hall–Kier alpha value is -0.120. The highest BCUT2D eigenvalue weighted by Crippen LogP contribution is 2.07. The van der Waals surface area contributed by atoms with Crippen molar-refractivity contribution in [3.63, 3.8) is 0 Å². The predicted molar refractivity (Wildman–Crippen MR) is 59.6 cm³/mol. The van der Waals surface area contributed by atoms with Gasteiger partial charge in [-0.05, 0) is 59.4 Å². The molecule has 0 atom stereocenters. The number of unbranched alkanes of at least 4 members (excludes halogenated alkanes) is 1. The van der Waals surface area contributed by atoms with Gasteiger partial charge in [-0.3, -0.25) is 0 Å². The van der Waals surface area contributed by atoms with Gasteiger partial charge in [-0.1, -0.05) is 0 Å². The van der Waals surface area contributed by atoms with Gasteiger partial charge in [-0.2, -0.15) is 0 Å². The summed E-state index contributed by atoms with van der Waals surface area (Å²) < 4.78 is 5.81. The van der Waals surface area contributed by atoms with E-state index in [9.17, 15) is 0 Å². The first-order valence-corrected chi connectivity index (χ1v) is 5.76. The number of nitrogens with zero attached hydrogens (tertiary/aromatic N) is 1. The number of piperidine rings is 1. The van der Waals surface area contributed by atoms with Gasteiger partial charge in [-0.15, -0.1) is 0 Å². The molecule has 14 heavy (non-hydrogen) atoms. The molecule has 0 aromatic rings. The lowest BCUT2D eigenvalue weighted by molar-refractivity contribution is 0.0303. The SMILES string of the molecule is CN(C)CCCCOC1CCNCC1. The molecule has 0 saturated carbocycles. The molecule has 3 nitrogen and oxygen atoms in total. The van der Waals surface area contributed by atoms with E-state index < -0.39 is 0 Å². The smallest absolute Gasteiger partial charge is 0.0599 e. The molecule has 3 heteroatoms. The van der Waals surface area contributed by atoms with Crippen molar-refractivity contribution in [3.05, 3.63) is 0 Å². The van der Waals surface area contributed by atoms with Crippen LogP contribution in [0.5, 0.6) is 0 Å². The van der Waals surface area contributed by atoms with E-state index in [1.807, 2.05) is 0 Å². The summed E-state index contributed by atoms with van der Waals surface area (Å²) in [4.78, 5) is 2.23. The third kappa shape index (κ3) is 5.58. The summed E-state index contributed by atoms with van der Waals surface area (Å²) in [6, 6.07) is 0. The Morgan fingerprint density at radius 2 is 1.93 bits per heavy atom. The number of nitrogens with one attached hydrogen (secondary N) is 1. The summed E-state index contributed by atoms with van der Waals surface area (Å²) >= 11 is 0. The second kappa shape index (κ2) is 7.21. The van der Waals surface area contributed by atoms with Gasteiger partial charge in [0.15, 0.2) is 0 Å². The predicted octanol–water partition coefficient (Wildman–Crippen LogP) is 1.10. The van der Waals surface area contributed by atoms with E-state index in [0.29, 0.717) is 6.10 Å². The van der Waals surface area contributed by atoms with Crippen LogP contribution in [-0.2, 0) is 4.74 Å². The highest BCUT2D eigenvalue weighted by molar-refractivity contribution is 4.67. The number of hydrogen-bond acceptors (Lipinski definition) is 3. The van der Waals surface area contributed by atoms with Gasteiger partial charge in [0.05, 0.1) is 6.10 Å². The highest BCUT2D eigenvalue weighted by Gasteiger charge is 2.12. The van der Waals surface area contributed by atoms with Crippen molar-refractivity contribution in [3.8, 4) is 0 Å². The van der Waals surface area contributed by atoms with Crippen LogP contribution in [0.3, 0.4) is 0 Å². The summed E-state index contributed by atoms with van der Waals surface area (Å²) in [6.45, 7) is 4.37. The molecule has 1 aliphatic rings. The summed E-state index contributed by atoms with van der Waals surface area (Å²) in [6.07, 6.45) is 5.34. The van der Waals surface area contributed by atoms with Crippen molar-refractivity contribution in [2.75, 3.05) is 40.3 Å². The van der Waals surface area contributed by atoms with Gasteiger partial charge in [0.2, 0.25) is 0 Å². The van der Waals surface area contributed by atoms with Crippen LogP contribution in [0, 0.1) is 0 Å². The Labute approximate surface area is 87.8 Å². The van der Waals surface area contributed by atoms with Crippen LogP contribution in [0.25, 0.3) is 0 Å². The second-order valence-corrected chi connectivity index (χ2v) is 4.33. The molecule has 0 aliphatic carbocycles. The fraction of sp³-hybridized carbons (Fsp3) is 1.00. The van der Waals surface area contributed by atoms with Gasteiger partial charge >= 0.3 is 0 Å². The molecule has 1 saturated heterocycles. The molecule has 0 radical (unpaired) electrons. The van der Waals surface area contributed by atoms with Crippen LogP contribution < -0.4 is 5.32 Å². The molecule has 0 spiro atoms. The van der Waals surface area contributed by atoms with Crippen LogP contribution >= 0.6 is 0 Å². The average molecular weight is 200 g/mol. The van der Waals surface area contributed by atoms with Crippen LogP contribution in [0.1, 0.15) is 25.7 Å². The molecule has 1 heterocycles. The van der Waals surface area contributed by atoms with Gasteiger partial charge in [-0.25, -0.2) is 0 Å². The number of hydrogen-bond donors (Lipinski definition) is 1. The van der Waals surface area contributed by atoms with E-state index >= 15 is 0 Å². The zero-order valence-electron chi connectivity index (χ0n) is 9.59. The minimum atomic E-state index is 0.524. The van der Waals surface area contributed by atoms with Gasteiger partial charge in [0.1, 0.15) is 0 Å². The standard InChI is InChI=1S/C11H24N2O/c1-13(2)9-3-4-10-14-11-5-7-12-8-6-11/h11-12H,3-10H2,1-2H3. The second-order valence-electron chi connectivity index (χ2n) is 4.33. The fourth-order valence-electron chi connectivity index (χ4n) is 1.74. The summed E-state index contributed by atoms with van der Waals surface area (Å²) in [5, 5.41) is 3.34. The average Bonchev–Trinajstić information content (AvgIpc) is 2.18. The van der Waals surface area contributed by atoms with E-state index in [0.717, 1.165) is 19.7 Å². The van der Waals surface area contributed by atoms with Crippen molar-refractivity contribution < 1.29 is 4.74 Å². The summed E-state index contributed by atoms with van der Waals surface area (Å²) in [5.74, 6) is 0. The van der Waals surface area contributed by atoms with Crippen LogP contribution in [0.2, 0.25) is 0 Å². The number of ether oxygens (including phenoxy) is 1. The van der Waals surface area contributed by atoms with Crippen LogP contribution in [0.4, 0.5) is 0 Å². The first-order chi connectivity index (χ1) is 6.79. The first kappa shape index (κ1) is 12.0. The normalized spacial score (nSPS) is 19.1. The van der Waals surface area contributed by atoms with Gasteiger partial charge < -0.3 is 15.0 Å².